The average Bonchev–Trinajstić information content (AvgIpc) is 2.67. The molecule has 0 heterocycles. The number of nitrogens with two attached hydrogens (primary N) is 1. The van der Waals surface area contributed by atoms with Crippen LogP contribution in [0.15, 0.2) is 41.4 Å². The van der Waals surface area contributed by atoms with E-state index in [0.717, 1.165) is 17.4 Å². The van der Waals surface area contributed by atoms with Crippen LogP contribution in [0.3, 0.4) is 0 Å². The summed E-state index contributed by atoms with van der Waals surface area (Å²) >= 11 is 0. The van der Waals surface area contributed by atoms with Crippen molar-refractivity contribution >= 4 is 41.5 Å². The second-order valence-corrected chi connectivity index (χ2v) is 5.50. The minimum atomic E-state index is -1.66. The van der Waals surface area contributed by atoms with Crippen molar-refractivity contribution in [2.45, 2.75) is 6.42 Å². The number of nitrogens with zero attached hydrogens (tertiary/aromatic N) is 1. The second-order valence-electron chi connectivity index (χ2n) is 5.50. The molecule has 152 valence electrons. The number of guanidine groups is 1. The Morgan fingerprint density at radius 2 is 1.79 bits per heavy atom. The molecule has 0 radical (unpaired) electrons. The lowest BCUT2D eigenvalue weighted by Gasteiger charge is -2.08. The van der Waals surface area contributed by atoms with E-state index in [2.05, 4.69) is 15.6 Å². The van der Waals surface area contributed by atoms with E-state index >= 15 is 0 Å². The van der Waals surface area contributed by atoms with Crippen LogP contribution in [0, 0.1) is 17.5 Å². The van der Waals surface area contributed by atoms with E-state index in [9.17, 15) is 18.0 Å². The molecular weight excluding hydrogens is 488 g/mol. The molecule has 0 bridgehead atoms. The van der Waals surface area contributed by atoms with Crippen LogP contribution in [0.4, 0.5) is 18.9 Å². The van der Waals surface area contributed by atoms with E-state index in [1.54, 1.807) is 7.11 Å². The highest BCUT2D eigenvalue weighted by Crippen LogP contribution is 2.19. The van der Waals surface area contributed by atoms with Crippen molar-refractivity contribution in [3.63, 3.8) is 0 Å². The van der Waals surface area contributed by atoms with Crippen LogP contribution in [-0.2, 0) is 11.2 Å². The van der Waals surface area contributed by atoms with Gasteiger partial charge in [-0.3, -0.25) is 4.79 Å². The molecule has 0 aliphatic carbocycles. The lowest BCUT2D eigenvalue weighted by molar-refractivity contribution is -0.114. The molecule has 2 aromatic rings. The number of methoxy groups -OCH3 is 1. The Balaban J connectivity index is 0.00000392. The average molecular weight is 508 g/mol. The molecule has 1 amide bonds. The summed E-state index contributed by atoms with van der Waals surface area (Å²) in [7, 11) is 1.59. The number of amides is 1. The van der Waals surface area contributed by atoms with Gasteiger partial charge in [0.25, 0.3) is 0 Å². The van der Waals surface area contributed by atoms with Crippen LogP contribution in [0.2, 0.25) is 0 Å². The van der Waals surface area contributed by atoms with Crippen molar-refractivity contribution in [1.29, 1.82) is 0 Å². The number of carbonyl (C=O) groups excluding carboxylic acids is 1. The Morgan fingerprint density at radius 3 is 2.43 bits per heavy atom. The maximum Gasteiger partial charge on any atom is 0.246 e. The third-order valence-electron chi connectivity index (χ3n) is 3.58. The number of halogens is 4. The van der Waals surface area contributed by atoms with Gasteiger partial charge in [0.2, 0.25) is 5.91 Å². The molecule has 2 aromatic carbocycles. The highest BCUT2D eigenvalue weighted by molar-refractivity contribution is 14.0. The molecule has 0 saturated heterocycles. The summed E-state index contributed by atoms with van der Waals surface area (Å²) in [4.78, 5) is 15.5. The monoisotopic (exact) mass is 508 g/mol. The summed E-state index contributed by atoms with van der Waals surface area (Å²) in [5, 5.41) is 4.94. The Kier molecular flexibility index (Phi) is 9.56. The molecule has 0 aliphatic heterocycles. The maximum absolute atomic E-state index is 13.5. The van der Waals surface area contributed by atoms with Crippen molar-refractivity contribution in [3.05, 3.63) is 59.4 Å². The largest absolute Gasteiger partial charge is 0.497 e. The van der Waals surface area contributed by atoms with E-state index in [-0.39, 0.29) is 29.9 Å². The molecule has 4 N–H and O–H groups in total. The first-order valence-electron chi connectivity index (χ1n) is 8.00. The van der Waals surface area contributed by atoms with Crippen molar-refractivity contribution in [2.24, 2.45) is 10.7 Å². The SMILES string of the molecule is COc1ccc(CCNC(N)=NCC(=O)Nc2ccc(F)c(F)c2F)cc1.I. The number of hydrogen-bond donors (Lipinski definition) is 3. The molecule has 0 aliphatic rings. The van der Waals surface area contributed by atoms with Gasteiger partial charge in [-0.25, -0.2) is 18.2 Å². The lowest BCUT2D eigenvalue weighted by Crippen LogP contribution is -2.34. The molecule has 10 heteroatoms. The lowest BCUT2D eigenvalue weighted by atomic mass is 10.1. The minimum Gasteiger partial charge on any atom is -0.497 e. The molecule has 0 atom stereocenters. The quantitative estimate of drug-likeness (QED) is 0.232. The van der Waals surface area contributed by atoms with Crippen molar-refractivity contribution in [1.82, 2.24) is 5.32 Å². The summed E-state index contributed by atoms with van der Waals surface area (Å²) in [6.45, 7) is 0.0842. The predicted molar refractivity (Wildman–Crippen MR) is 112 cm³/mol. The van der Waals surface area contributed by atoms with E-state index in [4.69, 9.17) is 10.5 Å². The summed E-state index contributed by atoms with van der Waals surface area (Å²) in [5.74, 6) is -4.40. The standard InChI is InChI=1S/C18H19F3N4O2.HI/c1-27-12-4-2-11(3-5-12)8-9-23-18(22)24-10-15(26)25-14-7-6-13(19)16(20)17(14)21;/h2-7H,8-10H2,1H3,(H,25,26)(H3,22,23,24);1H. The normalized spacial score (nSPS) is 10.8. The molecule has 2 rings (SSSR count). The number of hydrogen-bond acceptors (Lipinski definition) is 3. The molecule has 0 aromatic heterocycles. The second kappa shape index (κ2) is 11.4. The number of aliphatic imine (C=N–C) groups is 1. The smallest absolute Gasteiger partial charge is 0.246 e. The molecule has 28 heavy (non-hydrogen) atoms. The first-order chi connectivity index (χ1) is 12.9. The van der Waals surface area contributed by atoms with Crippen LogP contribution < -0.4 is 21.1 Å². The van der Waals surface area contributed by atoms with E-state index < -0.39 is 35.6 Å². The van der Waals surface area contributed by atoms with Gasteiger partial charge in [0.15, 0.2) is 23.4 Å². The molecule has 0 unspecified atom stereocenters. The fourth-order valence-electron chi connectivity index (χ4n) is 2.15. The fourth-order valence-corrected chi connectivity index (χ4v) is 2.15. The Hall–Kier alpha value is -2.50. The molecular formula is C18H20F3IN4O2. The summed E-state index contributed by atoms with van der Waals surface area (Å²) in [5.41, 5.74) is 6.24. The van der Waals surface area contributed by atoms with Crippen LogP contribution in [0.1, 0.15) is 5.56 Å². The van der Waals surface area contributed by atoms with Crippen molar-refractivity contribution < 1.29 is 22.7 Å². The first-order valence-corrected chi connectivity index (χ1v) is 8.00. The van der Waals surface area contributed by atoms with Gasteiger partial charge in [0.05, 0.1) is 12.8 Å². The summed E-state index contributed by atoms with van der Waals surface area (Å²) in [6, 6.07) is 9.15. The van der Waals surface area contributed by atoms with Gasteiger partial charge < -0.3 is 21.1 Å². The number of rotatable bonds is 7. The van der Waals surface area contributed by atoms with Crippen molar-refractivity contribution in [3.8, 4) is 5.75 Å². The van der Waals surface area contributed by atoms with Gasteiger partial charge in [-0.1, -0.05) is 12.1 Å². The van der Waals surface area contributed by atoms with Crippen LogP contribution >= 0.6 is 24.0 Å². The zero-order valence-corrected chi connectivity index (χ0v) is 17.3. The van der Waals surface area contributed by atoms with E-state index in [1.165, 1.54) is 0 Å². The van der Waals surface area contributed by atoms with E-state index in [0.29, 0.717) is 19.0 Å². The molecule has 0 spiro atoms. The van der Waals surface area contributed by atoms with Gasteiger partial charge in [0, 0.05) is 6.54 Å². The van der Waals surface area contributed by atoms with Gasteiger partial charge in [-0.15, -0.1) is 24.0 Å². The van der Waals surface area contributed by atoms with E-state index in [1.807, 2.05) is 24.3 Å². The highest BCUT2D eigenvalue weighted by atomic mass is 127. The molecule has 0 fully saturated rings. The van der Waals surface area contributed by atoms with Crippen LogP contribution in [0.5, 0.6) is 5.75 Å². The fraction of sp³-hybridized carbons (Fsp3) is 0.222. The zero-order chi connectivity index (χ0) is 19.8. The highest BCUT2D eigenvalue weighted by Gasteiger charge is 2.14. The third-order valence-corrected chi connectivity index (χ3v) is 3.58. The maximum atomic E-state index is 13.5. The summed E-state index contributed by atoms with van der Waals surface area (Å²) in [6.07, 6.45) is 0.673. The minimum absolute atomic E-state index is 0. The molecule has 6 nitrogen and oxygen atoms in total. The zero-order valence-electron chi connectivity index (χ0n) is 15.0. The number of benzene rings is 2. The number of nitrogens with one attached hydrogen (secondary N) is 2. The Morgan fingerprint density at radius 1 is 1.11 bits per heavy atom. The number of carbonyl (C=O) groups is 1. The number of ether oxygens (including phenoxy) is 1. The number of anilines is 1. The van der Waals surface area contributed by atoms with Crippen LogP contribution in [-0.4, -0.2) is 32.1 Å². The van der Waals surface area contributed by atoms with Gasteiger partial charge in [-0.05, 0) is 36.2 Å². The third kappa shape index (κ3) is 6.91. The Bertz CT molecular complexity index is 832. The predicted octanol–water partition coefficient (Wildman–Crippen LogP) is 2.82. The Labute approximate surface area is 177 Å². The van der Waals surface area contributed by atoms with Gasteiger partial charge in [-0.2, -0.15) is 0 Å². The van der Waals surface area contributed by atoms with Crippen LogP contribution in [0.25, 0.3) is 0 Å². The van der Waals surface area contributed by atoms with Gasteiger partial charge in [0.1, 0.15) is 12.3 Å². The van der Waals surface area contributed by atoms with Crippen molar-refractivity contribution in [2.75, 3.05) is 25.5 Å². The van der Waals surface area contributed by atoms with Gasteiger partial charge >= 0.3 is 0 Å². The summed E-state index contributed by atoms with van der Waals surface area (Å²) < 4.78 is 44.5. The molecule has 0 saturated carbocycles. The topological polar surface area (TPSA) is 88.7 Å². The first kappa shape index (κ1) is 23.5.